The highest BCUT2D eigenvalue weighted by atomic mass is 16.5. The topological polar surface area (TPSA) is 58.6 Å². The molecule has 0 aromatic rings. The molecule has 0 aromatic carbocycles. The molecule has 0 bridgehead atoms. The number of rotatable bonds is 4. The summed E-state index contributed by atoms with van der Waals surface area (Å²) in [5.74, 6) is -0.165. The summed E-state index contributed by atoms with van der Waals surface area (Å²) in [6, 6.07) is -0.329. The average Bonchev–Trinajstić information content (AvgIpc) is 2.37. The molecule has 1 N–H and O–H groups in total. The minimum absolute atomic E-state index is 0.0817. The number of carbonyl (C=O) groups is 2. The second-order valence-corrected chi connectivity index (χ2v) is 4.26. The molecule has 98 valence electrons. The lowest BCUT2D eigenvalue weighted by atomic mass is 10.0. The zero-order valence-electron chi connectivity index (χ0n) is 10.9. The van der Waals surface area contributed by atoms with Crippen LogP contribution < -0.4 is 5.32 Å². The number of nitrogens with zero attached hydrogens (tertiary/aromatic N) is 1. The molecule has 1 saturated heterocycles. The maximum Gasteiger partial charge on any atom is 0.252 e. The summed E-state index contributed by atoms with van der Waals surface area (Å²) in [4.78, 5) is 25.5. The van der Waals surface area contributed by atoms with Crippen LogP contribution >= 0.6 is 0 Å². The Kier molecular flexibility index (Phi) is 5.41. The van der Waals surface area contributed by atoms with E-state index in [9.17, 15) is 9.59 Å². The van der Waals surface area contributed by atoms with E-state index in [0.717, 1.165) is 19.3 Å². The number of likely N-dealkylation sites (tertiary alicyclic amines) is 1. The summed E-state index contributed by atoms with van der Waals surface area (Å²) in [5, 5.41) is 2.62. The van der Waals surface area contributed by atoms with Crippen LogP contribution in [0, 0.1) is 0 Å². The molecule has 1 aliphatic heterocycles. The van der Waals surface area contributed by atoms with Crippen molar-refractivity contribution in [3.05, 3.63) is 0 Å². The minimum Gasteiger partial charge on any atom is -0.369 e. The first kappa shape index (κ1) is 14.0. The van der Waals surface area contributed by atoms with E-state index in [2.05, 4.69) is 5.32 Å². The van der Waals surface area contributed by atoms with Crippen LogP contribution in [0.15, 0.2) is 0 Å². The van der Waals surface area contributed by atoms with Crippen LogP contribution in [0.3, 0.4) is 0 Å². The number of nitrogens with one attached hydrogen (secondary N) is 1. The summed E-state index contributed by atoms with van der Waals surface area (Å²) < 4.78 is 5.30. The average molecular weight is 242 g/mol. The van der Waals surface area contributed by atoms with Crippen LogP contribution in [-0.4, -0.2) is 49.1 Å². The van der Waals surface area contributed by atoms with Gasteiger partial charge in [0.2, 0.25) is 5.91 Å². The highest BCUT2D eigenvalue weighted by Crippen LogP contribution is 2.18. The Bertz CT molecular complexity index is 281. The first-order valence-electron chi connectivity index (χ1n) is 6.25. The van der Waals surface area contributed by atoms with E-state index in [1.807, 2.05) is 6.92 Å². The molecule has 2 amide bonds. The number of ether oxygens (including phenoxy) is 1. The fourth-order valence-corrected chi connectivity index (χ4v) is 2.19. The molecule has 1 aliphatic rings. The Morgan fingerprint density at radius 3 is 2.76 bits per heavy atom. The molecule has 0 aliphatic carbocycles. The molecule has 1 fully saturated rings. The molecule has 1 rings (SSSR count). The zero-order chi connectivity index (χ0) is 12.8. The second-order valence-electron chi connectivity index (χ2n) is 4.26. The number of hydrogen-bond acceptors (Lipinski definition) is 3. The van der Waals surface area contributed by atoms with Crippen LogP contribution in [0.2, 0.25) is 0 Å². The number of hydrogen-bond donors (Lipinski definition) is 1. The molecule has 2 atom stereocenters. The third kappa shape index (κ3) is 3.43. The summed E-state index contributed by atoms with van der Waals surface area (Å²) >= 11 is 0. The third-order valence-electron chi connectivity index (χ3n) is 3.10. The molecule has 17 heavy (non-hydrogen) atoms. The first-order chi connectivity index (χ1) is 8.11. The van der Waals surface area contributed by atoms with Gasteiger partial charge in [-0.15, -0.1) is 0 Å². The third-order valence-corrected chi connectivity index (χ3v) is 3.10. The van der Waals surface area contributed by atoms with Crippen molar-refractivity contribution in [1.82, 2.24) is 10.2 Å². The number of amides is 2. The molecule has 5 nitrogen and oxygen atoms in total. The fourth-order valence-electron chi connectivity index (χ4n) is 2.19. The van der Waals surface area contributed by atoms with E-state index >= 15 is 0 Å². The zero-order valence-corrected chi connectivity index (χ0v) is 10.9. The van der Waals surface area contributed by atoms with Crippen LogP contribution in [0.1, 0.15) is 33.1 Å². The molecule has 5 heteroatoms. The van der Waals surface area contributed by atoms with Crippen molar-refractivity contribution in [3.8, 4) is 0 Å². The van der Waals surface area contributed by atoms with E-state index in [4.69, 9.17) is 4.74 Å². The van der Waals surface area contributed by atoms with Crippen molar-refractivity contribution < 1.29 is 14.3 Å². The van der Waals surface area contributed by atoms with E-state index in [0.29, 0.717) is 13.2 Å². The minimum atomic E-state index is -0.467. The van der Waals surface area contributed by atoms with Crippen LogP contribution in [0.5, 0.6) is 0 Å². The summed E-state index contributed by atoms with van der Waals surface area (Å²) in [5.41, 5.74) is 0. The predicted octanol–water partition coefficient (Wildman–Crippen LogP) is 0.539. The Hall–Kier alpha value is -1.10. The lowest BCUT2D eigenvalue weighted by molar-refractivity contribution is -0.150. The molecule has 0 aromatic heterocycles. The number of carbonyl (C=O) groups excluding carboxylic acids is 2. The Balaban J connectivity index is 2.70. The highest BCUT2D eigenvalue weighted by molar-refractivity contribution is 5.89. The SMILES string of the molecule is CCO[C@H](C)C(=O)N1CCCC[C@H]1C(=O)NC. The van der Waals surface area contributed by atoms with Gasteiger partial charge in [-0.05, 0) is 33.1 Å². The van der Waals surface area contributed by atoms with Gasteiger partial charge in [0.25, 0.3) is 5.91 Å². The van der Waals surface area contributed by atoms with E-state index in [-0.39, 0.29) is 17.9 Å². The standard InChI is InChI=1S/C12H22N2O3/c1-4-17-9(2)12(16)14-8-6-5-7-10(14)11(15)13-3/h9-10H,4-8H2,1-3H3,(H,13,15)/t9-,10+/m1/s1. The van der Waals surface area contributed by atoms with Gasteiger partial charge in [0, 0.05) is 20.2 Å². The van der Waals surface area contributed by atoms with E-state index in [1.54, 1.807) is 18.9 Å². The van der Waals surface area contributed by atoms with Crippen LogP contribution in [0.4, 0.5) is 0 Å². The Morgan fingerprint density at radius 2 is 2.18 bits per heavy atom. The monoisotopic (exact) mass is 242 g/mol. The second kappa shape index (κ2) is 6.59. The van der Waals surface area contributed by atoms with Crippen molar-refractivity contribution in [2.45, 2.75) is 45.3 Å². The molecule has 1 heterocycles. The maximum absolute atomic E-state index is 12.1. The normalized spacial score (nSPS) is 22.1. The Labute approximate surface area is 102 Å². The van der Waals surface area contributed by atoms with Crippen molar-refractivity contribution in [2.24, 2.45) is 0 Å². The van der Waals surface area contributed by atoms with Gasteiger partial charge in [-0.25, -0.2) is 0 Å². The first-order valence-corrected chi connectivity index (χ1v) is 6.25. The summed E-state index contributed by atoms with van der Waals surface area (Å²) in [6.45, 7) is 4.75. The molecule has 0 unspecified atom stereocenters. The fraction of sp³-hybridized carbons (Fsp3) is 0.833. The van der Waals surface area contributed by atoms with Gasteiger partial charge < -0.3 is 15.0 Å². The molecular weight excluding hydrogens is 220 g/mol. The van der Waals surface area contributed by atoms with Gasteiger partial charge in [0.1, 0.15) is 12.1 Å². The smallest absolute Gasteiger partial charge is 0.252 e. The molecule has 0 radical (unpaired) electrons. The van der Waals surface area contributed by atoms with Crippen molar-refractivity contribution in [2.75, 3.05) is 20.2 Å². The summed E-state index contributed by atoms with van der Waals surface area (Å²) in [6.07, 6.45) is 2.22. The van der Waals surface area contributed by atoms with E-state index < -0.39 is 6.10 Å². The van der Waals surface area contributed by atoms with Gasteiger partial charge in [-0.1, -0.05) is 0 Å². The van der Waals surface area contributed by atoms with Crippen LogP contribution in [0.25, 0.3) is 0 Å². The molecule has 0 spiro atoms. The van der Waals surface area contributed by atoms with Crippen molar-refractivity contribution >= 4 is 11.8 Å². The number of likely N-dealkylation sites (N-methyl/N-ethyl adjacent to an activating group) is 1. The van der Waals surface area contributed by atoms with Gasteiger partial charge in [0.15, 0.2) is 0 Å². The quantitative estimate of drug-likeness (QED) is 0.782. The number of piperidine rings is 1. The lowest BCUT2D eigenvalue weighted by Crippen LogP contribution is -2.53. The van der Waals surface area contributed by atoms with Crippen LogP contribution in [-0.2, 0) is 14.3 Å². The highest BCUT2D eigenvalue weighted by Gasteiger charge is 2.33. The van der Waals surface area contributed by atoms with Crippen molar-refractivity contribution in [1.29, 1.82) is 0 Å². The molecular formula is C12H22N2O3. The molecule has 0 saturated carbocycles. The van der Waals surface area contributed by atoms with Crippen molar-refractivity contribution in [3.63, 3.8) is 0 Å². The summed E-state index contributed by atoms with van der Waals surface area (Å²) in [7, 11) is 1.60. The van der Waals surface area contributed by atoms with E-state index in [1.165, 1.54) is 0 Å². The lowest BCUT2D eigenvalue weighted by Gasteiger charge is -2.35. The maximum atomic E-state index is 12.1. The van der Waals surface area contributed by atoms with Gasteiger partial charge >= 0.3 is 0 Å². The largest absolute Gasteiger partial charge is 0.369 e. The van der Waals surface area contributed by atoms with Gasteiger partial charge in [-0.2, -0.15) is 0 Å². The Morgan fingerprint density at radius 1 is 1.47 bits per heavy atom. The van der Waals surface area contributed by atoms with Gasteiger partial charge in [0.05, 0.1) is 0 Å². The predicted molar refractivity (Wildman–Crippen MR) is 64.5 cm³/mol. The van der Waals surface area contributed by atoms with Gasteiger partial charge in [-0.3, -0.25) is 9.59 Å².